The first kappa shape index (κ1) is 16.5. The van der Waals surface area contributed by atoms with Crippen LogP contribution in [0.2, 0.25) is 5.02 Å². The van der Waals surface area contributed by atoms with Crippen molar-refractivity contribution in [3.05, 3.63) is 63.6 Å². The third-order valence-electron chi connectivity index (χ3n) is 2.83. The zero-order chi connectivity index (χ0) is 15.5. The summed E-state index contributed by atoms with van der Waals surface area (Å²) in [7, 11) is -3.77. The molecule has 21 heavy (non-hydrogen) atoms. The lowest BCUT2D eigenvalue weighted by molar-refractivity contribution is 0.182. The average molecular weight is 391 g/mol. The molecule has 0 amide bonds. The average Bonchev–Trinajstić information content (AvgIpc) is 2.45. The molecule has 1 atom stereocenters. The van der Waals surface area contributed by atoms with Crippen molar-refractivity contribution in [1.82, 2.24) is 4.72 Å². The Hall–Kier alpha value is -0.920. The molecule has 0 saturated carbocycles. The molecule has 2 rings (SSSR count). The number of nitrogens with one attached hydrogen (secondary N) is 1. The molecule has 4 nitrogen and oxygen atoms in total. The monoisotopic (exact) mass is 389 g/mol. The van der Waals surface area contributed by atoms with Gasteiger partial charge in [0.2, 0.25) is 10.0 Å². The van der Waals surface area contributed by atoms with Gasteiger partial charge in [0.05, 0.1) is 11.1 Å². The molecule has 0 aliphatic heterocycles. The van der Waals surface area contributed by atoms with Crippen LogP contribution in [0.5, 0.6) is 0 Å². The molecule has 2 aromatic rings. The predicted molar refractivity (Wildman–Crippen MR) is 85.7 cm³/mol. The third-order valence-corrected chi connectivity index (χ3v) is 5.23. The third kappa shape index (κ3) is 4.28. The van der Waals surface area contributed by atoms with Crippen molar-refractivity contribution in [2.45, 2.75) is 11.0 Å². The number of hydrogen-bond donors (Lipinski definition) is 2. The first-order valence-electron chi connectivity index (χ1n) is 6.08. The fourth-order valence-electron chi connectivity index (χ4n) is 1.75. The number of sulfonamides is 1. The lowest BCUT2D eigenvalue weighted by Gasteiger charge is -2.13. The molecule has 2 N–H and O–H groups in total. The summed E-state index contributed by atoms with van der Waals surface area (Å²) in [5.74, 6) is 0. The molecule has 1 unspecified atom stereocenters. The van der Waals surface area contributed by atoms with E-state index in [9.17, 15) is 13.5 Å². The van der Waals surface area contributed by atoms with Crippen molar-refractivity contribution in [1.29, 1.82) is 0 Å². The van der Waals surface area contributed by atoms with Crippen LogP contribution in [0.15, 0.2) is 57.9 Å². The second-order valence-electron chi connectivity index (χ2n) is 4.35. The molecule has 2 aromatic carbocycles. The zero-order valence-corrected chi connectivity index (χ0v) is 14.0. The number of aliphatic hydroxyl groups is 1. The molecule has 0 saturated heterocycles. The maximum Gasteiger partial charge on any atom is 0.242 e. The molecule has 0 radical (unpaired) electrons. The van der Waals surface area contributed by atoms with Crippen molar-refractivity contribution in [3.8, 4) is 0 Å². The van der Waals surface area contributed by atoms with Gasteiger partial charge in [-0.15, -0.1) is 0 Å². The van der Waals surface area contributed by atoms with E-state index in [-0.39, 0.29) is 16.5 Å². The molecule has 7 heteroatoms. The van der Waals surface area contributed by atoms with Gasteiger partial charge in [-0.1, -0.05) is 57.9 Å². The van der Waals surface area contributed by atoms with Crippen molar-refractivity contribution in [2.75, 3.05) is 6.54 Å². The van der Waals surface area contributed by atoms with E-state index in [1.54, 1.807) is 30.3 Å². The number of benzene rings is 2. The van der Waals surface area contributed by atoms with E-state index in [0.29, 0.717) is 10.0 Å². The molecule has 0 aromatic heterocycles. The van der Waals surface area contributed by atoms with E-state index in [0.717, 1.165) is 0 Å². The van der Waals surface area contributed by atoms with E-state index < -0.39 is 16.1 Å². The van der Waals surface area contributed by atoms with Gasteiger partial charge in [-0.25, -0.2) is 13.1 Å². The molecule has 0 spiro atoms. The lowest BCUT2D eigenvalue weighted by Crippen LogP contribution is -2.28. The summed E-state index contributed by atoms with van der Waals surface area (Å²) in [5.41, 5.74) is 0.641. The van der Waals surface area contributed by atoms with Crippen molar-refractivity contribution in [3.63, 3.8) is 0 Å². The van der Waals surface area contributed by atoms with Crippen LogP contribution in [0.1, 0.15) is 11.7 Å². The summed E-state index contributed by atoms with van der Waals surface area (Å²) in [4.78, 5) is -0.0207. The van der Waals surface area contributed by atoms with E-state index in [2.05, 4.69) is 20.7 Å². The second-order valence-corrected chi connectivity index (χ2v) is 7.41. The Morgan fingerprint density at radius 2 is 1.86 bits per heavy atom. The van der Waals surface area contributed by atoms with Crippen LogP contribution in [0.3, 0.4) is 0 Å². The molecule has 0 aliphatic carbocycles. The number of halogens is 2. The molecule has 0 aliphatic rings. The minimum Gasteiger partial charge on any atom is -0.387 e. The molecule has 0 heterocycles. The highest BCUT2D eigenvalue weighted by Gasteiger charge is 2.19. The van der Waals surface area contributed by atoms with Gasteiger partial charge < -0.3 is 5.11 Å². The summed E-state index contributed by atoms with van der Waals surface area (Å²) in [5, 5.41) is 10.1. The largest absolute Gasteiger partial charge is 0.387 e. The molecular formula is C14H13BrClNO3S. The van der Waals surface area contributed by atoms with Gasteiger partial charge in [0, 0.05) is 11.0 Å². The van der Waals surface area contributed by atoms with Gasteiger partial charge in [-0.3, -0.25) is 0 Å². The first-order valence-corrected chi connectivity index (χ1v) is 8.73. The Kier molecular flexibility index (Phi) is 5.40. The van der Waals surface area contributed by atoms with Crippen molar-refractivity contribution < 1.29 is 13.5 Å². The first-order chi connectivity index (χ1) is 9.90. The van der Waals surface area contributed by atoms with Crippen LogP contribution in [0.25, 0.3) is 0 Å². The zero-order valence-electron chi connectivity index (χ0n) is 10.8. The van der Waals surface area contributed by atoms with Gasteiger partial charge in [-0.05, 0) is 23.8 Å². The summed E-state index contributed by atoms with van der Waals surface area (Å²) in [6, 6.07) is 13.3. The molecular weight excluding hydrogens is 378 g/mol. The maximum absolute atomic E-state index is 12.2. The quantitative estimate of drug-likeness (QED) is 0.824. The summed E-state index contributed by atoms with van der Waals surface area (Å²) in [6.45, 7) is -0.126. The fourth-order valence-corrected chi connectivity index (χ4v) is 3.83. The Bertz CT molecular complexity index is 722. The van der Waals surface area contributed by atoms with Crippen molar-refractivity contribution >= 4 is 37.6 Å². The highest BCUT2D eigenvalue weighted by Crippen LogP contribution is 2.25. The highest BCUT2D eigenvalue weighted by atomic mass is 79.9. The molecule has 0 fully saturated rings. The van der Waals surface area contributed by atoms with Crippen LogP contribution in [0.4, 0.5) is 0 Å². The number of hydrogen-bond acceptors (Lipinski definition) is 3. The topological polar surface area (TPSA) is 66.4 Å². The number of aliphatic hydroxyl groups excluding tert-OH is 1. The van der Waals surface area contributed by atoms with Gasteiger partial charge >= 0.3 is 0 Å². The summed E-state index contributed by atoms with van der Waals surface area (Å²) < 4.78 is 27.4. The summed E-state index contributed by atoms with van der Waals surface area (Å²) >= 11 is 9.15. The second kappa shape index (κ2) is 6.89. The molecule has 0 bridgehead atoms. The predicted octanol–water partition coefficient (Wildman–Crippen LogP) is 3.11. The van der Waals surface area contributed by atoms with E-state index in [1.165, 1.54) is 12.1 Å². The smallest absolute Gasteiger partial charge is 0.242 e. The standard InChI is InChI=1S/C14H13BrClNO3S/c15-11-6-7-14(12(16)8-11)21(19,20)17-9-13(18)10-4-2-1-3-5-10/h1-8,13,17-18H,9H2. The maximum atomic E-state index is 12.2. The van der Waals surface area contributed by atoms with Crippen LogP contribution in [-0.4, -0.2) is 20.1 Å². The van der Waals surface area contributed by atoms with Crippen LogP contribution >= 0.6 is 27.5 Å². The normalized spacial score (nSPS) is 13.1. The van der Waals surface area contributed by atoms with Crippen LogP contribution in [-0.2, 0) is 10.0 Å². The van der Waals surface area contributed by atoms with E-state index in [4.69, 9.17) is 11.6 Å². The highest BCUT2D eigenvalue weighted by molar-refractivity contribution is 9.10. The molecule has 112 valence electrons. The van der Waals surface area contributed by atoms with Gasteiger partial charge in [0.1, 0.15) is 4.90 Å². The Morgan fingerprint density at radius 1 is 1.19 bits per heavy atom. The number of rotatable bonds is 5. The Balaban J connectivity index is 2.11. The van der Waals surface area contributed by atoms with E-state index in [1.807, 2.05) is 6.07 Å². The Labute approximate surface area is 136 Å². The lowest BCUT2D eigenvalue weighted by atomic mass is 10.1. The van der Waals surface area contributed by atoms with Crippen molar-refractivity contribution in [2.24, 2.45) is 0 Å². The van der Waals surface area contributed by atoms with Crippen LogP contribution < -0.4 is 4.72 Å². The van der Waals surface area contributed by atoms with Gasteiger partial charge in [-0.2, -0.15) is 0 Å². The van der Waals surface area contributed by atoms with Gasteiger partial charge in [0.25, 0.3) is 0 Å². The minimum absolute atomic E-state index is 0.0207. The minimum atomic E-state index is -3.77. The SMILES string of the molecule is O=S(=O)(NCC(O)c1ccccc1)c1ccc(Br)cc1Cl. The summed E-state index contributed by atoms with van der Waals surface area (Å²) in [6.07, 6.45) is -0.921. The Morgan fingerprint density at radius 3 is 2.48 bits per heavy atom. The fraction of sp³-hybridized carbons (Fsp3) is 0.143. The van der Waals surface area contributed by atoms with Crippen LogP contribution in [0, 0.1) is 0 Å². The van der Waals surface area contributed by atoms with Gasteiger partial charge in [0.15, 0.2) is 0 Å². The van der Waals surface area contributed by atoms with E-state index >= 15 is 0 Å².